The van der Waals surface area contributed by atoms with Crippen LogP contribution in [0.1, 0.15) is 29.7 Å². The van der Waals surface area contributed by atoms with Crippen molar-refractivity contribution in [2.45, 2.75) is 42.4 Å². The maximum atomic E-state index is 10.2. The van der Waals surface area contributed by atoms with Crippen molar-refractivity contribution in [1.29, 1.82) is 0 Å². The highest BCUT2D eigenvalue weighted by atomic mass is 32.2. The van der Waals surface area contributed by atoms with Crippen LogP contribution in [0.15, 0.2) is 52.8 Å². The lowest BCUT2D eigenvalue weighted by atomic mass is 9.76. The van der Waals surface area contributed by atoms with E-state index in [4.69, 9.17) is 10.7 Å². The second-order valence-corrected chi connectivity index (χ2v) is 10.2. The first kappa shape index (κ1) is 20.3. The maximum Gasteiger partial charge on any atom is 0.230 e. The highest BCUT2D eigenvalue weighted by molar-refractivity contribution is 7.99. The Morgan fingerprint density at radius 1 is 1.06 bits per heavy atom. The SMILES string of the molecule is Cc1c(Sc2cnc(N3CCC4(CC3)Cc3cccnc3C4)n3cc(O)nc23)ccnc1N. The molecule has 0 radical (unpaired) electrons. The van der Waals surface area contributed by atoms with Crippen LogP contribution in [0.2, 0.25) is 0 Å². The van der Waals surface area contributed by atoms with E-state index in [1.54, 1.807) is 12.4 Å². The Hall–Kier alpha value is -3.33. The molecule has 33 heavy (non-hydrogen) atoms. The smallest absolute Gasteiger partial charge is 0.230 e. The van der Waals surface area contributed by atoms with Crippen molar-refractivity contribution in [3.63, 3.8) is 0 Å². The zero-order chi connectivity index (χ0) is 22.6. The molecule has 0 unspecified atom stereocenters. The van der Waals surface area contributed by atoms with E-state index in [9.17, 15) is 5.11 Å². The van der Waals surface area contributed by atoms with Gasteiger partial charge >= 0.3 is 0 Å². The summed E-state index contributed by atoms with van der Waals surface area (Å²) in [6, 6.07) is 6.19. The van der Waals surface area contributed by atoms with Crippen LogP contribution in [-0.2, 0) is 12.8 Å². The van der Waals surface area contributed by atoms with Crippen LogP contribution in [0.4, 0.5) is 11.8 Å². The molecular formula is C24H25N7OS. The predicted octanol–water partition coefficient (Wildman–Crippen LogP) is 3.65. The van der Waals surface area contributed by atoms with Crippen molar-refractivity contribution < 1.29 is 5.11 Å². The number of pyridine rings is 2. The van der Waals surface area contributed by atoms with Crippen LogP contribution in [0, 0.1) is 12.3 Å². The number of aromatic hydroxyl groups is 1. The average Bonchev–Trinajstić information content (AvgIpc) is 3.38. The number of rotatable bonds is 3. The summed E-state index contributed by atoms with van der Waals surface area (Å²) in [5, 5.41) is 10.2. The molecule has 0 amide bonds. The molecule has 0 atom stereocenters. The second kappa shape index (κ2) is 7.62. The number of anilines is 2. The highest BCUT2D eigenvalue weighted by Gasteiger charge is 2.41. The van der Waals surface area contributed by atoms with Gasteiger partial charge in [0.25, 0.3) is 0 Å². The Bertz CT molecular complexity index is 1330. The van der Waals surface area contributed by atoms with E-state index in [0.29, 0.717) is 16.9 Å². The van der Waals surface area contributed by atoms with Gasteiger partial charge in [-0.25, -0.2) is 9.97 Å². The van der Waals surface area contributed by atoms with Gasteiger partial charge in [-0.05, 0) is 55.7 Å². The molecule has 0 aromatic carbocycles. The molecule has 1 saturated heterocycles. The third-order valence-corrected chi connectivity index (χ3v) is 8.21. The fraction of sp³-hybridized carbons (Fsp3) is 0.333. The molecule has 1 spiro atoms. The van der Waals surface area contributed by atoms with Crippen molar-refractivity contribution in [2.24, 2.45) is 5.41 Å². The molecular weight excluding hydrogens is 434 g/mol. The molecule has 9 heteroatoms. The molecule has 8 nitrogen and oxygen atoms in total. The number of hydrogen-bond acceptors (Lipinski definition) is 8. The third kappa shape index (κ3) is 3.47. The fourth-order valence-electron chi connectivity index (χ4n) is 5.15. The fourth-order valence-corrected chi connectivity index (χ4v) is 6.11. The van der Waals surface area contributed by atoms with Gasteiger partial charge in [-0.1, -0.05) is 17.8 Å². The van der Waals surface area contributed by atoms with Gasteiger partial charge in [-0.15, -0.1) is 0 Å². The van der Waals surface area contributed by atoms with E-state index in [2.05, 4.69) is 25.9 Å². The van der Waals surface area contributed by atoms with Crippen molar-refractivity contribution in [3.05, 3.63) is 59.8 Å². The highest BCUT2D eigenvalue weighted by Crippen LogP contribution is 2.44. The number of nitrogens with two attached hydrogens (primary N) is 1. The first-order valence-corrected chi connectivity index (χ1v) is 12.0. The Morgan fingerprint density at radius 2 is 1.91 bits per heavy atom. The summed E-state index contributed by atoms with van der Waals surface area (Å²) >= 11 is 1.53. The van der Waals surface area contributed by atoms with Gasteiger partial charge in [-0.2, -0.15) is 4.98 Å². The number of hydrogen-bond donors (Lipinski definition) is 2. The van der Waals surface area contributed by atoms with Gasteiger partial charge in [0, 0.05) is 47.8 Å². The number of nitrogen functional groups attached to an aromatic ring is 1. The largest absolute Gasteiger partial charge is 0.492 e. The summed E-state index contributed by atoms with van der Waals surface area (Å²) in [7, 11) is 0. The summed E-state index contributed by atoms with van der Waals surface area (Å²) in [5.74, 6) is 1.32. The molecule has 2 aliphatic rings. The van der Waals surface area contributed by atoms with E-state index in [1.807, 2.05) is 35.9 Å². The molecule has 4 aromatic rings. The molecule has 0 saturated carbocycles. The Morgan fingerprint density at radius 3 is 2.73 bits per heavy atom. The monoisotopic (exact) mass is 459 g/mol. The number of fused-ring (bicyclic) bond motifs is 2. The normalized spacial score (nSPS) is 17.1. The van der Waals surface area contributed by atoms with Gasteiger partial charge in [-0.3, -0.25) is 9.38 Å². The Kier molecular flexibility index (Phi) is 4.69. The van der Waals surface area contributed by atoms with Crippen molar-refractivity contribution in [2.75, 3.05) is 23.7 Å². The standard InChI is InChI=1S/C24H25N7OS/c1-15-18(4-8-27-21(15)25)33-19-13-28-23(31-14-20(32)29-22(19)31)30-9-5-24(6-10-30)11-16-3-2-7-26-17(16)12-24/h2-4,7-8,13-14,32H,5-6,9-12H2,1H3,(H2,25,27). The van der Waals surface area contributed by atoms with Crippen LogP contribution < -0.4 is 10.6 Å². The number of nitrogens with zero attached hydrogens (tertiary/aromatic N) is 6. The molecule has 168 valence electrons. The van der Waals surface area contributed by atoms with Crippen molar-refractivity contribution in [1.82, 2.24) is 24.3 Å². The van der Waals surface area contributed by atoms with Gasteiger partial charge in [0.1, 0.15) is 5.82 Å². The minimum absolute atomic E-state index is 0.0112. The zero-order valence-electron chi connectivity index (χ0n) is 18.4. The molecule has 3 N–H and O–H groups in total. The van der Waals surface area contributed by atoms with Crippen LogP contribution in [0.25, 0.3) is 5.65 Å². The zero-order valence-corrected chi connectivity index (χ0v) is 19.2. The molecule has 1 aliphatic heterocycles. The lowest BCUT2D eigenvalue weighted by Crippen LogP contribution is -2.41. The van der Waals surface area contributed by atoms with Crippen LogP contribution in [-0.4, -0.2) is 42.5 Å². The van der Waals surface area contributed by atoms with E-state index in [-0.39, 0.29) is 5.88 Å². The number of imidazole rings is 1. The lowest BCUT2D eigenvalue weighted by Gasteiger charge is -2.39. The number of aromatic nitrogens is 5. The first-order valence-electron chi connectivity index (χ1n) is 11.2. The van der Waals surface area contributed by atoms with Crippen LogP contribution >= 0.6 is 11.8 Å². The summed E-state index contributed by atoms with van der Waals surface area (Å²) in [6.45, 7) is 3.79. The van der Waals surface area contributed by atoms with Gasteiger partial charge in [0.15, 0.2) is 5.65 Å². The Labute approximate surface area is 195 Å². The lowest BCUT2D eigenvalue weighted by molar-refractivity contribution is 0.230. The molecule has 5 heterocycles. The summed E-state index contributed by atoms with van der Waals surface area (Å²) in [5.41, 5.74) is 10.6. The van der Waals surface area contributed by atoms with Gasteiger partial charge in [0.05, 0.1) is 11.1 Å². The molecule has 1 aliphatic carbocycles. The molecule has 0 bridgehead atoms. The quantitative estimate of drug-likeness (QED) is 0.478. The molecule has 6 rings (SSSR count). The van der Waals surface area contributed by atoms with E-state index in [1.165, 1.54) is 23.0 Å². The molecule has 1 fully saturated rings. The van der Waals surface area contributed by atoms with Crippen molar-refractivity contribution in [3.8, 4) is 5.88 Å². The Balaban J connectivity index is 1.27. The van der Waals surface area contributed by atoms with Crippen LogP contribution in [0.3, 0.4) is 0 Å². The number of piperidine rings is 1. The second-order valence-electron chi connectivity index (χ2n) is 9.09. The van der Waals surface area contributed by atoms with Crippen molar-refractivity contribution >= 4 is 29.2 Å². The minimum Gasteiger partial charge on any atom is -0.492 e. The first-order chi connectivity index (χ1) is 16.0. The van der Waals surface area contributed by atoms with E-state index >= 15 is 0 Å². The third-order valence-electron chi connectivity index (χ3n) is 7.04. The molecule has 4 aromatic heterocycles. The summed E-state index contributed by atoms with van der Waals surface area (Å²) in [4.78, 5) is 22.1. The maximum absolute atomic E-state index is 10.2. The average molecular weight is 460 g/mol. The van der Waals surface area contributed by atoms with Gasteiger partial charge in [0.2, 0.25) is 11.8 Å². The predicted molar refractivity (Wildman–Crippen MR) is 128 cm³/mol. The van der Waals surface area contributed by atoms with E-state index < -0.39 is 0 Å². The van der Waals surface area contributed by atoms with Crippen LogP contribution in [0.5, 0.6) is 5.88 Å². The van der Waals surface area contributed by atoms with E-state index in [0.717, 1.165) is 60.1 Å². The topological polar surface area (TPSA) is 105 Å². The summed E-state index contributed by atoms with van der Waals surface area (Å²) < 4.78 is 1.90. The summed E-state index contributed by atoms with van der Waals surface area (Å²) in [6.07, 6.45) is 11.5. The van der Waals surface area contributed by atoms with Gasteiger partial charge < -0.3 is 15.7 Å². The minimum atomic E-state index is -0.0112.